The standard InChI is InChI=1S/C17H34N2O/c1-4-16-12-20-11-10-19(16)17(13-18)8-5-6-15(7-9-17)14(2)3/h14-16H,4-13,18H2,1-3H3. The molecule has 3 atom stereocenters. The summed E-state index contributed by atoms with van der Waals surface area (Å²) in [6, 6.07) is 0.572. The van der Waals surface area contributed by atoms with Gasteiger partial charge in [-0.25, -0.2) is 0 Å². The van der Waals surface area contributed by atoms with E-state index >= 15 is 0 Å². The number of hydrogen-bond donors (Lipinski definition) is 1. The second-order valence-corrected chi connectivity index (χ2v) is 7.19. The fourth-order valence-corrected chi connectivity index (χ4v) is 4.31. The quantitative estimate of drug-likeness (QED) is 0.806. The van der Waals surface area contributed by atoms with Gasteiger partial charge in [-0.2, -0.15) is 0 Å². The third-order valence-corrected chi connectivity index (χ3v) is 5.83. The predicted octanol–water partition coefficient (Wildman–Crippen LogP) is 3.03. The zero-order valence-corrected chi connectivity index (χ0v) is 13.7. The van der Waals surface area contributed by atoms with Crippen molar-refractivity contribution < 1.29 is 4.74 Å². The molecule has 0 bridgehead atoms. The molecule has 2 aliphatic rings. The number of nitrogens with zero attached hydrogens (tertiary/aromatic N) is 1. The van der Waals surface area contributed by atoms with Crippen LogP contribution in [0.15, 0.2) is 0 Å². The molecule has 1 heterocycles. The summed E-state index contributed by atoms with van der Waals surface area (Å²) in [7, 11) is 0. The van der Waals surface area contributed by atoms with Crippen molar-refractivity contribution in [2.75, 3.05) is 26.3 Å². The SMILES string of the molecule is CCC1COCCN1C1(CN)CCCC(C(C)C)CC1. The highest BCUT2D eigenvalue weighted by atomic mass is 16.5. The van der Waals surface area contributed by atoms with Crippen molar-refractivity contribution in [2.24, 2.45) is 17.6 Å². The zero-order valence-electron chi connectivity index (χ0n) is 13.7. The molecule has 0 spiro atoms. The van der Waals surface area contributed by atoms with E-state index in [0.717, 1.165) is 38.1 Å². The van der Waals surface area contributed by atoms with Crippen LogP contribution in [0.3, 0.4) is 0 Å². The van der Waals surface area contributed by atoms with Gasteiger partial charge in [-0.15, -0.1) is 0 Å². The van der Waals surface area contributed by atoms with E-state index in [-0.39, 0.29) is 5.54 Å². The Balaban J connectivity index is 2.11. The Hall–Kier alpha value is -0.120. The first-order chi connectivity index (χ1) is 9.63. The predicted molar refractivity (Wildman–Crippen MR) is 84.8 cm³/mol. The van der Waals surface area contributed by atoms with Crippen LogP contribution in [-0.2, 0) is 4.74 Å². The molecule has 0 amide bonds. The Bertz CT molecular complexity index is 295. The van der Waals surface area contributed by atoms with Gasteiger partial charge in [-0.05, 0) is 37.5 Å². The Morgan fingerprint density at radius 3 is 2.75 bits per heavy atom. The van der Waals surface area contributed by atoms with Gasteiger partial charge in [0.1, 0.15) is 0 Å². The maximum absolute atomic E-state index is 6.29. The molecule has 118 valence electrons. The number of hydrogen-bond acceptors (Lipinski definition) is 3. The lowest BCUT2D eigenvalue weighted by molar-refractivity contribution is -0.0693. The summed E-state index contributed by atoms with van der Waals surface area (Å²) >= 11 is 0. The summed E-state index contributed by atoms with van der Waals surface area (Å²) in [6.07, 6.45) is 7.82. The summed E-state index contributed by atoms with van der Waals surface area (Å²) in [4.78, 5) is 2.72. The molecular weight excluding hydrogens is 248 g/mol. The number of morpholine rings is 1. The third-order valence-electron chi connectivity index (χ3n) is 5.83. The summed E-state index contributed by atoms with van der Waals surface area (Å²) in [6.45, 7) is 10.7. The van der Waals surface area contributed by atoms with E-state index in [0.29, 0.717) is 6.04 Å². The normalized spacial score (nSPS) is 37.0. The van der Waals surface area contributed by atoms with Gasteiger partial charge in [0.05, 0.1) is 13.2 Å². The summed E-state index contributed by atoms with van der Waals surface area (Å²) < 4.78 is 5.69. The molecule has 3 nitrogen and oxygen atoms in total. The fraction of sp³-hybridized carbons (Fsp3) is 1.00. The molecule has 0 aromatic rings. The molecule has 2 N–H and O–H groups in total. The molecule has 3 heteroatoms. The maximum Gasteiger partial charge on any atom is 0.0622 e. The average Bonchev–Trinajstić information content (AvgIpc) is 2.70. The van der Waals surface area contributed by atoms with Crippen LogP contribution in [0.25, 0.3) is 0 Å². The summed E-state index contributed by atoms with van der Waals surface area (Å²) in [5.74, 6) is 1.71. The highest BCUT2D eigenvalue weighted by Gasteiger charge is 2.41. The van der Waals surface area contributed by atoms with Gasteiger partial charge in [0.15, 0.2) is 0 Å². The minimum Gasteiger partial charge on any atom is -0.378 e. The van der Waals surface area contributed by atoms with Crippen molar-refractivity contribution >= 4 is 0 Å². The Morgan fingerprint density at radius 1 is 1.30 bits per heavy atom. The van der Waals surface area contributed by atoms with Gasteiger partial charge in [-0.1, -0.05) is 33.6 Å². The highest BCUT2D eigenvalue weighted by molar-refractivity contribution is 4.98. The Kier molecular flexibility index (Phi) is 5.88. The van der Waals surface area contributed by atoms with E-state index in [1.54, 1.807) is 0 Å². The lowest BCUT2D eigenvalue weighted by Crippen LogP contribution is -2.61. The van der Waals surface area contributed by atoms with E-state index in [2.05, 4.69) is 25.7 Å². The van der Waals surface area contributed by atoms with Crippen LogP contribution >= 0.6 is 0 Å². The van der Waals surface area contributed by atoms with E-state index in [1.807, 2.05) is 0 Å². The minimum absolute atomic E-state index is 0.244. The van der Waals surface area contributed by atoms with Crippen molar-refractivity contribution in [2.45, 2.75) is 70.9 Å². The number of nitrogens with two attached hydrogens (primary N) is 1. The lowest BCUT2D eigenvalue weighted by Gasteiger charge is -2.49. The van der Waals surface area contributed by atoms with Crippen molar-refractivity contribution in [3.63, 3.8) is 0 Å². The van der Waals surface area contributed by atoms with Crippen LogP contribution in [-0.4, -0.2) is 42.8 Å². The fourth-order valence-electron chi connectivity index (χ4n) is 4.31. The molecule has 2 rings (SSSR count). The summed E-state index contributed by atoms with van der Waals surface area (Å²) in [5.41, 5.74) is 6.54. The van der Waals surface area contributed by atoms with E-state index < -0.39 is 0 Å². The maximum atomic E-state index is 6.29. The molecule has 1 aliphatic heterocycles. The van der Waals surface area contributed by atoms with Crippen LogP contribution in [0.2, 0.25) is 0 Å². The van der Waals surface area contributed by atoms with Gasteiger partial charge in [-0.3, -0.25) is 4.90 Å². The lowest BCUT2D eigenvalue weighted by atomic mass is 9.84. The van der Waals surface area contributed by atoms with Crippen LogP contribution in [0, 0.1) is 11.8 Å². The monoisotopic (exact) mass is 282 g/mol. The number of rotatable bonds is 4. The van der Waals surface area contributed by atoms with Crippen molar-refractivity contribution in [3.8, 4) is 0 Å². The number of ether oxygens (including phenoxy) is 1. The average molecular weight is 282 g/mol. The molecule has 0 radical (unpaired) electrons. The molecule has 0 aromatic heterocycles. The topological polar surface area (TPSA) is 38.5 Å². The molecule has 20 heavy (non-hydrogen) atoms. The van der Waals surface area contributed by atoms with Crippen LogP contribution in [0.1, 0.15) is 59.3 Å². The van der Waals surface area contributed by atoms with Crippen LogP contribution < -0.4 is 5.73 Å². The highest BCUT2D eigenvalue weighted by Crippen LogP contribution is 2.38. The molecule has 1 saturated carbocycles. The largest absolute Gasteiger partial charge is 0.378 e. The van der Waals surface area contributed by atoms with E-state index in [1.165, 1.54) is 38.5 Å². The van der Waals surface area contributed by atoms with Crippen molar-refractivity contribution in [3.05, 3.63) is 0 Å². The van der Waals surface area contributed by atoms with E-state index in [4.69, 9.17) is 10.5 Å². The Morgan fingerprint density at radius 2 is 2.10 bits per heavy atom. The molecule has 1 aliphatic carbocycles. The Labute approximate surface area is 125 Å². The molecule has 1 saturated heterocycles. The third kappa shape index (κ3) is 3.37. The van der Waals surface area contributed by atoms with Crippen molar-refractivity contribution in [1.29, 1.82) is 0 Å². The first-order valence-corrected chi connectivity index (χ1v) is 8.67. The molecular formula is C17H34N2O. The van der Waals surface area contributed by atoms with Gasteiger partial charge in [0.25, 0.3) is 0 Å². The molecule has 2 fully saturated rings. The van der Waals surface area contributed by atoms with Gasteiger partial charge < -0.3 is 10.5 Å². The first kappa shape index (κ1) is 16.3. The van der Waals surface area contributed by atoms with Gasteiger partial charge >= 0.3 is 0 Å². The second-order valence-electron chi connectivity index (χ2n) is 7.19. The smallest absolute Gasteiger partial charge is 0.0622 e. The van der Waals surface area contributed by atoms with Crippen molar-refractivity contribution in [1.82, 2.24) is 4.90 Å². The van der Waals surface area contributed by atoms with Gasteiger partial charge in [0, 0.05) is 24.7 Å². The minimum atomic E-state index is 0.244. The van der Waals surface area contributed by atoms with Gasteiger partial charge in [0.2, 0.25) is 0 Å². The van der Waals surface area contributed by atoms with Crippen LogP contribution in [0.4, 0.5) is 0 Å². The first-order valence-electron chi connectivity index (χ1n) is 8.67. The molecule has 0 aromatic carbocycles. The molecule has 3 unspecified atom stereocenters. The second kappa shape index (κ2) is 7.24. The summed E-state index contributed by atoms with van der Waals surface area (Å²) in [5, 5.41) is 0. The van der Waals surface area contributed by atoms with E-state index in [9.17, 15) is 0 Å². The van der Waals surface area contributed by atoms with Crippen LogP contribution in [0.5, 0.6) is 0 Å². The zero-order chi connectivity index (χ0) is 14.6.